The van der Waals surface area contributed by atoms with Crippen LogP contribution in [0.4, 0.5) is 0 Å². The summed E-state index contributed by atoms with van der Waals surface area (Å²) in [4.78, 5) is 0. The first-order chi connectivity index (χ1) is 2.91. The van der Waals surface area contributed by atoms with Crippen LogP contribution in [0.2, 0.25) is 0 Å². The first-order valence-corrected chi connectivity index (χ1v) is 1.63. The summed E-state index contributed by atoms with van der Waals surface area (Å²) in [5.74, 6) is 0. The first-order valence-electron chi connectivity index (χ1n) is 1.63. The molecule has 0 fully saturated rings. The van der Waals surface area contributed by atoms with E-state index < -0.39 is 0 Å². The van der Waals surface area contributed by atoms with Gasteiger partial charge in [-0.05, 0) is 0 Å². The van der Waals surface area contributed by atoms with Crippen molar-refractivity contribution in [3.05, 3.63) is 12.7 Å². The van der Waals surface area contributed by atoms with Crippen molar-refractivity contribution < 1.29 is 4.74 Å². The Morgan fingerprint density at radius 2 is 2.50 bits per heavy atom. The maximum absolute atomic E-state index is 6.31. The van der Waals surface area contributed by atoms with Crippen molar-refractivity contribution in [2.24, 2.45) is 0 Å². The Labute approximate surface area is 36.9 Å². The minimum atomic E-state index is 0.434. The van der Waals surface area contributed by atoms with Gasteiger partial charge in [0.15, 0.2) is 6.40 Å². The largest absolute Gasteiger partial charge is 0.480 e. The van der Waals surface area contributed by atoms with Gasteiger partial charge in [-0.15, -0.1) is 0 Å². The normalized spacial score (nSPS) is 6.67. The van der Waals surface area contributed by atoms with Crippen LogP contribution in [0.3, 0.4) is 0 Å². The van der Waals surface area contributed by atoms with Gasteiger partial charge in [0.2, 0.25) is 0 Å². The molecular weight excluding hydrogens is 78.1 g/mol. The van der Waals surface area contributed by atoms with E-state index in [-0.39, 0.29) is 0 Å². The minimum Gasteiger partial charge on any atom is -0.480 e. The van der Waals surface area contributed by atoms with Gasteiger partial charge in [-0.25, -0.2) is 0 Å². The molecule has 1 N–H and O–H groups in total. The topological polar surface area (TPSA) is 33.1 Å². The van der Waals surface area contributed by atoms with Crippen molar-refractivity contribution in [2.75, 3.05) is 6.61 Å². The fourth-order valence-corrected chi connectivity index (χ4v) is 0.116. The lowest BCUT2D eigenvalue weighted by Gasteiger charge is -1.85. The molecule has 2 nitrogen and oxygen atoms in total. The predicted molar refractivity (Wildman–Crippen MR) is 24.9 cm³/mol. The van der Waals surface area contributed by atoms with Gasteiger partial charge in [-0.2, -0.15) is 0 Å². The highest BCUT2D eigenvalue weighted by Crippen LogP contribution is 1.63. The summed E-state index contributed by atoms with van der Waals surface area (Å²) in [6.45, 7) is 3.80. The van der Waals surface area contributed by atoms with Gasteiger partial charge in [-0.3, -0.25) is 5.41 Å². The lowest BCUT2D eigenvalue weighted by molar-refractivity contribution is 0.365. The maximum atomic E-state index is 6.31. The predicted octanol–water partition coefficient (Wildman–Crippen LogP) is 0.796. The number of rotatable bonds is 3. The molecule has 6 heavy (non-hydrogen) atoms. The fourth-order valence-electron chi connectivity index (χ4n) is 0.116. The van der Waals surface area contributed by atoms with Crippen molar-refractivity contribution in [1.82, 2.24) is 0 Å². The highest BCUT2D eigenvalue weighted by atomic mass is 16.5. The molecule has 34 valence electrons. The average molecular weight is 85.1 g/mol. The van der Waals surface area contributed by atoms with Crippen LogP contribution < -0.4 is 0 Å². The standard InChI is InChI=1S/C4H7NO/c1-2-3-6-4-5/h2,4-5H,1,3H2. The van der Waals surface area contributed by atoms with Crippen molar-refractivity contribution in [1.29, 1.82) is 5.41 Å². The van der Waals surface area contributed by atoms with E-state index in [1.807, 2.05) is 0 Å². The third-order valence-electron chi connectivity index (χ3n) is 0.297. The molecule has 0 atom stereocenters. The van der Waals surface area contributed by atoms with Crippen LogP contribution in [-0.4, -0.2) is 13.0 Å². The number of hydrogen-bond acceptors (Lipinski definition) is 2. The Morgan fingerprint density at radius 3 is 2.67 bits per heavy atom. The van der Waals surface area contributed by atoms with Gasteiger partial charge in [0.1, 0.15) is 6.61 Å². The molecule has 0 unspecified atom stereocenters. The molecule has 0 rings (SSSR count). The summed E-state index contributed by atoms with van der Waals surface area (Å²) in [6, 6.07) is 0. The third-order valence-corrected chi connectivity index (χ3v) is 0.297. The van der Waals surface area contributed by atoms with E-state index >= 15 is 0 Å². The van der Waals surface area contributed by atoms with Crippen LogP contribution in [-0.2, 0) is 4.74 Å². The van der Waals surface area contributed by atoms with E-state index in [1.54, 1.807) is 6.08 Å². The molecule has 0 aliphatic rings. The smallest absolute Gasteiger partial charge is 0.167 e. The second-order valence-corrected chi connectivity index (χ2v) is 0.740. The van der Waals surface area contributed by atoms with Crippen molar-refractivity contribution in [2.45, 2.75) is 0 Å². The highest BCUT2D eigenvalue weighted by molar-refractivity contribution is 5.41. The molecule has 0 heterocycles. The highest BCUT2D eigenvalue weighted by Gasteiger charge is 1.62. The summed E-state index contributed by atoms with van der Waals surface area (Å²) < 4.78 is 4.41. The summed E-state index contributed by atoms with van der Waals surface area (Å²) >= 11 is 0. The zero-order chi connectivity index (χ0) is 4.83. The summed E-state index contributed by atoms with van der Waals surface area (Å²) in [5.41, 5.74) is 0. The van der Waals surface area contributed by atoms with E-state index in [4.69, 9.17) is 5.41 Å². The molecule has 2 heteroatoms. The Morgan fingerprint density at radius 1 is 1.83 bits per heavy atom. The van der Waals surface area contributed by atoms with Crippen molar-refractivity contribution in [3.8, 4) is 0 Å². The molecule has 0 aromatic heterocycles. The lowest BCUT2D eigenvalue weighted by Crippen LogP contribution is -1.82. The van der Waals surface area contributed by atoms with E-state index in [2.05, 4.69) is 11.3 Å². The molecule has 0 aromatic rings. The van der Waals surface area contributed by atoms with Gasteiger partial charge in [0.25, 0.3) is 0 Å². The molecule has 0 bridgehead atoms. The van der Waals surface area contributed by atoms with Crippen LogP contribution in [0, 0.1) is 5.41 Å². The third kappa shape index (κ3) is 3.21. The van der Waals surface area contributed by atoms with Crippen LogP contribution in [0.15, 0.2) is 12.7 Å². The molecule has 0 amide bonds. The zero-order valence-electron chi connectivity index (χ0n) is 3.48. The minimum absolute atomic E-state index is 0.434. The van der Waals surface area contributed by atoms with Gasteiger partial charge in [0, 0.05) is 0 Å². The molecule has 0 aliphatic heterocycles. The van der Waals surface area contributed by atoms with Crippen LogP contribution in [0.25, 0.3) is 0 Å². The van der Waals surface area contributed by atoms with E-state index in [0.717, 1.165) is 6.40 Å². The molecule has 0 spiro atoms. The number of nitrogens with one attached hydrogen (secondary N) is 1. The number of ether oxygens (including phenoxy) is 1. The van der Waals surface area contributed by atoms with Gasteiger partial charge in [0.05, 0.1) is 0 Å². The summed E-state index contributed by atoms with van der Waals surface area (Å²) in [6.07, 6.45) is 2.48. The maximum Gasteiger partial charge on any atom is 0.167 e. The quantitative estimate of drug-likeness (QED) is 0.234. The molecule has 0 radical (unpaired) electrons. The van der Waals surface area contributed by atoms with Gasteiger partial charge < -0.3 is 4.74 Å². The van der Waals surface area contributed by atoms with Crippen LogP contribution in [0.1, 0.15) is 0 Å². The zero-order valence-corrected chi connectivity index (χ0v) is 3.48. The fraction of sp³-hybridized carbons (Fsp3) is 0.250. The van der Waals surface area contributed by atoms with Gasteiger partial charge >= 0.3 is 0 Å². The second kappa shape index (κ2) is 4.21. The number of hydrogen-bond donors (Lipinski definition) is 1. The Kier molecular flexibility index (Phi) is 3.66. The summed E-state index contributed by atoms with van der Waals surface area (Å²) in [5, 5.41) is 6.31. The lowest BCUT2D eigenvalue weighted by atomic mass is 10.7. The van der Waals surface area contributed by atoms with E-state index in [1.165, 1.54) is 0 Å². The molecule has 0 saturated heterocycles. The van der Waals surface area contributed by atoms with Crippen LogP contribution in [0.5, 0.6) is 0 Å². The van der Waals surface area contributed by atoms with Crippen molar-refractivity contribution >= 4 is 6.40 Å². The van der Waals surface area contributed by atoms with Gasteiger partial charge in [-0.1, -0.05) is 12.7 Å². The monoisotopic (exact) mass is 85.1 g/mol. The molecule has 0 aliphatic carbocycles. The SMILES string of the molecule is C=CCOC=N. The van der Waals surface area contributed by atoms with Crippen LogP contribution >= 0.6 is 0 Å². The Balaban J connectivity index is 2.66. The summed E-state index contributed by atoms with van der Waals surface area (Å²) in [7, 11) is 0. The molecule has 0 saturated carbocycles. The van der Waals surface area contributed by atoms with E-state index in [9.17, 15) is 0 Å². The van der Waals surface area contributed by atoms with E-state index in [0.29, 0.717) is 6.61 Å². The first kappa shape index (κ1) is 5.21. The average Bonchev–Trinajstić information content (AvgIpc) is 1.61. The molecule has 0 aromatic carbocycles. The Hall–Kier alpha value is -0.790. The second-order valence-electron chi connectivity index (χ2n) is 0.740. The van der Waals surface area contributed by atoms with Crippen molar-refractivity contribution in [3.63, 3.8) is 0 Å². The Bertz CT molecular complexity index is 43.5. The molecular formula is C4H7NO.